The molecule has 0 radical (unpaired) electrons. The van der Waals surface area contributed by atoms with E-state index in [1.165, 1.54) is 17.1 Å². The molecule has 28 heavy (non-hydrogen) atoms. The minimum absolute atomic E-state index is 0.0920. The number of allylic oxidation sites excluding steroid dienone is 1. The molecular weight excluding hydrogens is 356 g/mol. The fraction of sp³-hybridized carbons (Fsp3) is 0.364. The van der Waals surface area contributed by atoms with Crippen molar-refractivity contribution in [3.8, 4) is 0 Å². The van der Waals surface area contributed by atoms with Gasteiger partial charge in [-0.25, -0.2) is 4.90 Å². The van der Waals surface area contributed by atoms with Gasteiger partial charge in [-0.2, -0.15) is 0 Å². The lowest BCUT2D eigenvalue weighted by Gasteiger charge is -2.31. The lowest BCUT2D eigenvalue weighted by molar-refractivity contribution is -0.126. The maximum atomic E-state index is 13.3. The molecule has 0 aromatic heterocycles. The van der Waals surface area contributed by atoms with Crippen molar-refractivity contribution in [2.24, 2.45) is 17.3 Å². The van der Waals surface area contributed by atoms with E-state index in [1.54, 1.807) is 42.5 Å². The molecule has 4 rings (SSSR count). The number of hydrogen-bond donors (Lipinski definition) is 1. The van der Waals surface area contributed by atoms with Crippen LogP contribution in [-0.2, 0) is 19.2 Å². The number of amides is 2. The molecule has 1 N–H and O–H groups in total. The van der Waals surface area contributed by atoms with Gasteiger partial charge in [-0.3, -0.25) is 24.5 Å². The van der Waals surface area contributed by atoms with Gasteiger partial charge in [-0.15, -0.1) is 0 Å². The van der Waals surface area contributed by atoms with Crippen LogP contribution in [0.4, 0.5) is 5.69 Å². The second-order valence-electron chi connectivity index (χ2n) is 8.59. The molecular formula is C22H22N2O4. The standard InChI is InChI=1S/C22H22N2O4/c1-21(2,3)15(26)10-12-22-11-9-14(25)18(23-22)16-17(22)20(28)24(19(16)27)13-7-5-4-6-8-13/h4-12,16-18,23H,1-3H3. The summed E-state index contributed by atoms with van der Waals surface area (Å²) < 4.78 is 0. The van der Waals surface area contributed by atoms with E-state index >= 15 is 0 Å². The summed E-state index contributed by atoms with van der Waals surface area (Å²) in [5.41, 5.74) is -1.10. The van der Waals surface area contributed by atoms with Crippen molar-refractivity contribution < 1.29 is 19.2 Å². The molecule has 2 amide bonds. The molecule has 2 bridgehead atoms. The molecule has 3 heterocycles. The SMILES string of the molecule is CC(C)(C)C(=O)C=CC12C=CC(=O)C(N1)C1C(=O)N(c3ccccc3)C(=O)C12. The maximum Gasteiger partial charge on any atom is 0.240 e. The van der Waals surface area contributed by atoms with Crippen molar-refractivity contribution in [1.29, 1.82) is 0 Å². The highest BCUT2D eigenvalue weighted by Crippen LogP contribution is 2.47. The Labute approximate surface area is 163 Å². The zero-order valence-corrected chi connectivity index (χ0v) is 16.0. The molecule has 1 aromatic rings. The summed E-state index contributed by atoms with van der Waals surface area (Å²) in [5.74, 6) is -2.61. The number of rotatable bonds is 3. The molecule has 0 spiro atoms. The van der Waals surface area contributed by atoms with Gasteiger partial charge in [0, 0.05) is 5.41 Å². The van der Waals surface area contributed by atoms with Gasteiger partial charge in [0.2, 0.25) is 11.8 Å². The van der Waals surface area contributed by atoms with Crippen LogP contribution in [0.5, 0.6) is 0 Å². The van der Waals surface area contributed by atoms with Gasteiger partial charge >= 0.3 is 0 Å². The first-order valence-corrected chi connectivity index (χ1v) is 9.33. The van der Waals surface area contributed by atoms with Crippen LogP contribution in [0.2, 0.25) is 0 Å². The third-order valence-electron chi connectivity index (χ3n) is 5.72. The Bertz CT molecular complexity index is 941. The summed E-state index contributed by atoms with van der Waals surface area (Å²) in [4.78, 5) is 52.4. The Morgan fingerprint density at radius 1 is 1.11 bits per heavy atom. The predicted molar refractivity (Wildman–Crippen MR) is 103 cm³/mol. The summed E-state index contributed by atoms with van der Waals surface area (Å²) in [6.07, 6.45) is 6.12. The molecule has 2 saturated heterocycles. The van der Waals surface area contributed by atoms with Gasteiger partial charge in [0.15, 0.2) is 11.6 Å². The molecule has 0 saturated carbocycles. The van der Waals surface area contributed by atoms with Crippen molar-refractivity contribution in [3.63, 3.8) is 0 Å². The van der Waals surface area contributed by atoms with Crippen LogP contribution in [0.15, 0.2) is 54.6 Å². The second kappa shape index (κ2) is 6.07. The smallest absolute Gasteiger partial charge is 0.240 e. The van der Waals surface area contributed by atoms with Gasteiger partial charge in [0.1, 0.15) is 0 Å². The normalized spacial score (nSPS) is 31.8. The van der Waals surface area contributed by atoms with Crippen LogP contribution in [0.25, 0.3) is 0 Å². The number of carbonyl (C=O) groups excluding carboxylic acids is 4. The Kier molecular flexibility index (Phi) is 4.01. The number of nitrogens with one attached hydrogen (secondary N) is 1. The molecule has 4 unspecified atom stereocenters. The molecule has 2 fully saturated rings. The van der Waals surface area contributed by atoms with Crippen LogP contribution in [0.3, 0.4) is 0 Å². The number of benzene rings is 1. The highest BCUT2D eigenvalue weighted by atomic mass is 16.2. The highest BCUT2D eigenvalue weighted by molar-refractivity contribution is 6.25. The number of imide groups is 1. The first-order valence-electron chi connectivity index (χ1n) is 9.33. The zero-order chi connectivity index (χ0) is 20.3. The Hall–Kier alpha value is -2.86. The van der Waals surface area contributed by atoms with Crippen LogP contribution in [0.1, 0.15) is 20.8 Å². The first-order chi connectivity index (χ1) is 13.2. The van der Waals surface area contributed by atoms with E-state index < -0.39 is 28.8 Å². The molecule has 3 aliphatic rings. The number of hydrogen-bond acceptors (Lipinski definition) is 5. The van der Waals surface area contributed by atoms with E-state index in [0.29, 0.717) is 5.69 Å². The summed E-state index contributed by atoms with van der Waals surface area (Å²) >= 11 is 0. The fourth-order valence-electron chi connectivity index (χ4n) is 4.20. The van der Waals surface area contributed by atoms with Crippen LogP contribution in [-0.4, -0.2) is 35.0 Å². The predicted octanol–water partition coefficient (Wildman–Crippen LogP) is 1.81. The van der Waals surface area contributed by atoms with Gasteiger partial charge < -0.3 is 0 Å². The maximum absolute atomic E-state index is 13.3. The minimum Gasteiger partial charge on any atom is -0.294 e. The third kappa shape index (κ3) is 2.59. The quantitative estimate of drug-likeness (QED) is 0.641. The largest absolute Gasteiger partial charge is 0.294 e. The van der Waals surface area contributed by atoms with Crippen molar-refractivity contribution in [2.45, 2.75) is 32.4 Å². The van der Waals surface area contributed by atoms with Crippen molar-refractivity contribution >= 4 is 29.1 Å². The molecule has 6 nitrogen and oxygen atoms in total. The Balaban J connectivity index is 1.77. The summed E-state index contributed by atoms with van der Waals surface area (Å²) in [5, 5.41) is 3.15. The van der Waals surface area contributed by atoms with Gasteiger partial charge in [-0.05, 0) is 24.3 Å². The summed E-state index contributed by atoms with van der Waals surface area (Å²) in [6.45, 7) is 5.44. The summed E-state index contributed by atoms with van der Waals surface area (Å²) in [7, 11) is 0. The van der Waals surface area contributed by atoms with Crippen LogP contribution >= 0.6 is 0 Å². The van der Waals surface area contributed by atoms with Gasteiger partial charge in [0.25, 0.3) is 0 Å². The average molecular weight is 378 g/mol. The lowest BCUT2D eigenvalue weighted by atomic mass is 9.80. The van der Waals surface area contributed by atoms with E-state index in [1.807, 2.05) is 20.8 Å². The van der Waals surface area contributed by atoms with Crippen molar-refractivity contribution in [2.75, 3.05) is 4.90 Å². The lowest BCUT2D eigenvalue weighted by Crippen LogP contribution is -2.53. The number of anilines is 1. The molecule has 4 atom stereocenters. The molecule has 1 aromatic carbocycles. The van der Waals surface area contributed by atoms with Gasteiger partial charge in [0.05, 0.1) is 29.1 Å². The topological polar surface area (TPSA) is 83.6 Å². The third-order valence-corrected chi connectivity index (χ3v) is 5.72. The van der Waals surface area contributed by atoms with E-state index in [4.69, 9.17) is 0 Å². The van der Waals surface area contributed by atoms with Crippen molar-refractivity contribution in [1.82, 2.24) is 5.32 Å². The number of fused-ring (bicyclic) bond motifs is 5. The Morgan fingerprint density at radius 2 is 1.79 bits per heavy atom. The first kappa shape index (κ1) is 18.5. The summed E-state index contributed by atoms with van der Waals surface area (Å²) in [6, 6.07) is 7.94. The van der Waals surface area contributed by atoms with Crippen LogP contribution < -0.4 is 10.2 Å². The second-order valence-corrected chi connectivity index (χ2v) is 8.59. The zero-order valence-electron chi connectivity index (χ0n) is 16.0. The molecule has 6 heteroatoms. The molecule has 0 aliphatic carbocycles. The fourth-order valence-corrected chi connectivity index (χ4v) is 4.20. The number of ketones is 2. The van der Waals surface area contributed by atoms with E-state index in [9.17, 15) is 19.2 Å². The molecule has 3 aliphatic heterocycles. The van der Waals surface area contributed by atoms with Crippen LogP contribution in [0, 0.1) is 17.3 Å². The number of carbonyl (C=O) groups is 4. The van der Waals surface area contributed by atoms with E-state index in [2.05, 4.69) is 5.32 Å². The average Bonchev–Trinajstić information content (AvgIpc) is 3.08. The highest BCUT2D eigenvalue weighted by Gasteiger charge is 2.66. The molecule has 144 valence electrons. The van der Waals surface area contributed by atoms with E-state index in [0.717, 1.165) is 0 Å². The van der Waals surface area contributed by atoms with Gasteiger partial charge in [-0.1, -0.05) is 51.1 Å². The Morgan fingerprint density at radius 3 is 2.43 bits per heavy atom. The number of para-hydroxylation sites is 1. The van der Waals surface area contributed by atoms with E-state index in [-0.39, 0.29) is 23.4 Å². The minimum atomic E-state index is -1.03. The number of nitrogens with zero attached hydrogens (tertiary/aromatic N) is 1. The van der Waals surface area contributed by atoms with Crippen molar-refractivity contribution in [3.05, 3.63) is 54.6 Å². The monoisotopic (exact) mass is 378 g/mol.